The maximum absolute atomic E-state index is 5.52. The van der Waals surface area contributed by atoms with Gasteiger partial charge in [0.15, 0.2) is 0 Å². The lowest BCUT2D eigenvalue weighted by molar-refractivity contribution is 0.0930. The van der Waals surface area contributed by atoms with E-state index in [4.69, 9.17) is 4.74 Å². The standard InChI is InChI=1S/C20H33N3O/c1-3-24-20-8-6-18(7-9-20)16-22-11-13-23(14-12-22)17-19-5-4-10-21(2)15-19/h6-9,19H,3-5,10-17H2,1-2H3. The van der Waals surface area contributed by atoms with Crippen molar-refractivity contribution in [1.82, 2.24) is 14.7 Å². The summed E-state index contributed by atoms with van der Waals surface area (Å²) in [5.41, 5.74) is 1.39. The van der Waals surface area contributed by atoms with Gasteiger partial charge in [-0.15, -0.1) is 0 Å². The van der Waals surface area contributed by atoms with E-state index in [1.54, 1.807) is 0 Å². The van der Waals surface area contributed by atoms with Crippen LogP contribution >= 0.6 is 0 Å². The molecule has 4 nitrogen and oxygen atoms in total. The van der Waals surface area contributed by atoms with E-state index in [1.807, 2.05) is 6.92 Å². The topological polar surface area (TPSA) is 19.0 Å². The van der Waals surface area contributed by atoms with Gasteiger partial charge in [0.05, 0.1) is 6.61 Å². The van der Waals surface area contributed by atoms with Gasteiger partial charge in [0.1, 0.15) is 5.75 Å². The van der Waals surface area contributed by atoms with Crippen molar-refractivity contribution in [2.45, 2.75) is 26.3 Å². The van der Waals surface area contributed by atoms with Crippen LogP contribution in [0.3, 0.4) is 0 Å². The summed E-state index contributed by atoms with van der Waals surface area (Å²) in [4.78, 5) is 7.76. The van der Waals surface area contributed by atoms with Crippen LogP contribution in [0.4, 0.5) is 0 Å². The molecule has 0 aromatic heterocycles. The van der Waals surface area contributed by atoms with E-state index in [2.05, 4.69) is 46.0 Å². The SMILES string of the molecule is CCOc1ccc(CN2CCN(CC3CCCN(C)C3)CC2)cc1. The van der Waals surface area contributed by atoms with Crippen molar-refractivity contribution in [1.29, 1.82) is 0 Å². The molecule has 0 spiro atoms. The Morgan fingerprint density at radius 1 is 1.00 bits per heavy atom. The Morgan fingerprint density at radius 3 is 2.38 bits per heavy atom. The number of ether oxygens (including phenoxy) is 1. The summed E-state index contributed by atoms with van der Waals surface area (Å²) in [6, 6.07) is 8.59. The summed E-state index contributed by atoms with van der Waals surface area (Å²) in [6.07, 6.45) is 2.79. The van der Waals surface area contributed by atoms with Gasteiger partial charge in [-0.2, -0.15) is 0 Å². The van der Waals surface area contributed by atoms with E-state index in [-0.39, 0.29) is 0 Å². The molecule has 134 valence electrons. The zero-order valence-electron chi connectivity index (χ0n) is 15.4. The lowest BCUT2D eigenvalue weighted by Crippen LogP contribution is -2.48. The Kier molecular flexibility index (Phi) is 6.52. The molecule has 0 bridgehead atoms. The monoisotopic (exact) mass is 331 g/mol. The summed E-state index contributed by atoms with van der Waals surface area (Å²) < 4.78 is 5.52. The first-order valence-electron chi connectivity index (χ1n) is 9.58. The molecule has 1 unspecified atom stereocenters. The number of nitrogens with zero attached hydrogens (tertiary/aromatic N) is 3. The number of rotatable bonds is 6. The third-order valence-corrected chi connectivity index (χ3v) is 5.34. The maximum atomic E-state index is 5.52. The summed E-state index contributed by atoms with van der Waals surface area (Å²) in [7, 11) is 2.26. The van der Waals surface area contributed by atoms with Crippen LogP contribution in [0, 0.1) is 5.92 Å². The molecule has 3 rings (SSSR count). The van der Waals surface area contributed by atoms with Gasteiger partial charge in [-0.3, -0.25) is 4.90 Å². The van der Waals surface area contributed by atoms with E-state index >= 15 is 0 Å². The Bertz CT molecular complexity index is 482. The zero-order chi connectivity index (χ0) is 16.8. The van der Waals surface area contributed by atoms with Gasteiger partial charge in [-0.05, 0) is 57.0 Å². The van der Waals surface area contributed by atoms with E-state index in [0.717, 1.165) is 24.8 Å². The third-order valence-electron chi connectivity index (χ3n) is 5.34. The number of hydrogen-bond donors (Lipinski definition) is 0. The van der Waals surface area contributed by atoms with Crippen molar-refractivity contribution in [3.8, 4) is 5.75 Å². The average Bonchev–Trinajstić information content (AvgIpc) is 2.59. The highest BCUT2D eigenvalue weighted by Gasteiger charge is 2.23. The largest absolute Gasteiger partial charge is 0.494 e. The number of piperidine rings is 1. The summed E-state index contributed by atoms with van der Waals surface area (Å²) in [5, 5.41) is 0. The molecule has 0 N–H and O–H groups in total. The van der Waals surface area contributed by atoms with Crippen molar-refractivity contribution in [3.05, 3.63) is 29.8 Å². The minimum atomic E-state index is 0.734. The lowest BCUT2D eigenvalue weighted by atomic mass is 9.97. The van der Waals surface area contributed by atoms with Crippen LogP contribution in [0.15, 0.2) is 24.3 Å². The van der Waals surface area contributed by atoms with Crippen LogP contribution in [0.2, 0.25) is 0 Å². The van der Waals surface area contributed by atoms with Crippen molar-refractivity contribution in [3.63, 3.8) is 0 Å². The number of piperazine rings is 1. The van der Waals surface area contributed by atoms with Crippen LogP contribution < -0.4 is 4.74 Å². The normalized spacial score (nSPS) is 24.2. The predicted molar refractivity (Wildman–Crippen MR) is 99.5 cm³/mol. The van der Waals surface area contributed by atoms with Gasteiger partial charge in [0, 0.05) is 45.8 Å². The van der Waals surface area contributed by atoms with Gasteiger partial charge < -0.3 is 14.5 Å². The Balaban J connectivity index is 1.40. The fraction of sp³-hybridized carbons (Fsp3) is 0.700. The first-order valence-corrected chi connectivity index (χ1v) is 9.58. The van der Waals surface area contributed by atoms with E-state index in [1.165, 1.54) is 64.2 Å². The Labute approximate surface area is 147 Å². The molecular formula is C20H33N3O. The third kappa shape index (κ3) is 5.20. The molecule has 2 fully saturated rings. The van der Waals surface area contributed by atoms with Gasteiger partial charge in [-0.25, -0.2) is 0 Å². The molecule has 1 aromatic rings. The van der Waals surface area contributed by atoms with Crippen LogP contribution in [0.1, 0.15) is 25.3 Å². The predicted octanol–water partition coefficient (Wildman–Crippen LogP) is 2.54. The molecule has 24 heavy (non-hydrogen) atoms. The molecule has 0 saturated carbocycles. The van der Waals surface area contributed by atoms with Gasteiger partial charge in [0.25, 0.3) is 0 Å². The van der Waals surface area contributed by atoms with Gasteiger partial charge >= 0.3 is 0 Å². The van der Waals surface area contributed by atoms with Crippen LogP contribution in [-0.2, 0) is 6.54 Å². The first-order chi connectivity index (χ1) is 11.7. The summed E-state index contributed by atoms with van der Waals surface area (Å²) in [6.45, 7) is 12.5. The van der Waals surface area contributed by atoms with Crippen molar-refractivity contribution < 1.29 is 4.74 Å². The molecule has 4 heteroatoms. The Morgan fingerprint density at radius 2 is 1.71 bits per heavy atom. The molecular weight excluding hydrogens is 298 g/mol. The first kappa shape index (κ1) is 17.7. The highest BCUT2D eigenvalue weighted by Crippen LogP contribution is 2.18. The molecule has 0 aliphatic carbocycles. The van der Waals surface area contributed by atoms with E-state index in [9.17, 15) is 0 Å². The second-order valence-corrected chi connectivity index (χ2v) is 7.42. The molecule has 2 saturated heterocycles. The highest BCUT2D eigenvalue weighted by atomic mass is 16.5. The van der Waals surface area contributed by atoms with Crippen molar-refractivity contribution in [2.24, 2.45) is 5.92 Å². The highest BCUT2D eigenvalue weighted by molar-refractivity contribution is 5.27. The van der Waals surface area contributed by atoms with E-state index in [0.29, 0.717) is 0 Å². The van der Waals surface area contributed by atoms with Crippen LogP contribution in [0.25, 0.3) is 0 Å². The van der Waals surface area contributed by atoms with E-state index < -0.39 is 0 Å². The fourth-order valence-corrected chi connectivity index (χ4v) is 4.03. The second kappa shape index (κ2) is 8.84. The molecule has 2 heterocycles. The molecule has 0 amide bonds. The van der Waals surface area contributed by atoms with Crippen LogP contribution in [-0.4, -0.2) is 74.2 Å². The summed E-state index contributed by atoms with van der Waals surface area (Å²) in [5.74, 6) is 1.85. The van der Waals surface area contributed by atoms with Crippen molar-refractivity contribution >= 4 is 0 Å². The fourth-order valence-electron chi connectivity index (χ4n) is 4.03. The molecule has 2 aliphatic heterocycles. The van der Waals surface area contributed by atoms with Crippen molar-refractivity contribution in [2.75, 3.05) is 59.5 Å². The number of hydrogen-bond acceptors (Lipinski definition) is 4. The molecule has 0 radical (unpaired) electrons. The molecule has 2 aliphatic rings. The minimum Gasteiger partial charge on any atom is -0.494 e. The smallest absolute Gasteiger partial charge is 0.119 e. The van der Waals surface area contributed by atoms with Gasteiger partial charge in [0.2, 0.25) is 0 Å². The quantitative estimate of drug-likeness (QED) is 0.797. The zero-order valence-corrected chi connectivity index (χ0v) is 15.4. The average molecular weight is 332 g/mol. The molecule has 1 atom stereocenters. The summed E-state index contributed by atoms with van der Waals surface area (Å²) >= 11 is 0. The lowest BCUT2D eigenvalue weighted by Gasteiger charge is -2.38. The number of benzene rings is 1. The maximum Gasteiger partial charge on any atom is 0.119 e. The van der Waals surface area contributed by atoms with Gasteiger partial charge in [-0.1, -0.05) is 12.1 Å². The minimum absolute atomic E-state index is 0.734. The second-order valence-electron chi connectivity index (χ2n) is 7.42. The van der Waals surface area contributed by atoms with Crippen LogP contribution in [0.5, 0.6) is 5.75 Å². The Hall–Kier alpha value is -1.10. The number of likely N-dealkylation sites (tertiary alicyclic amines) is 1. The molecule has 1 aromatic carbocycles.